The Hall–Kier alpha value is 0.690. The van der Waals surface area contributed by atoms with E-state index in [1.807, 2.05) is 0 Å². The van der Waals surface area contributed by atoms with Gasteiger partial charge in [0.05, 0.1) is 6.61 Å². The van der Waals surface area contributed by atoms with Crippen LogP contribution in [0.2, 0.25) is 1.41 Å². The van der Waals surface area contributed by atoms with E-state index in [4.69, 9.17) is 31.9 Å². The topological polar surface area (TPSA) is 41.6 Å². The number of nitrogens with zero attached hydrogens (tertiary/aromatic N) is 1. The summed E-state index contributed by atoms with van der Waals surface area (Å²) in [5.41, 5.74) is 0. The quantitative estimate of drug-likeness (QED) is 0.608. The summed E-state index contributed by atoms with van der Waals surface area (Å²) in [7, 11) is -3.68. The minimum atomic E-state index is -3.68. The Balaban J connectivity index is 3.00. The van der Waals surface area contributed by atoms with Crippen molar-refractivity contribution < 1.29 is 13.2 Å². The van der Waals surface area contributed by atoms with Gasteiger partial charge in [-0.25, -0.2) is 9.75 Å². The van der Waals surface area contributed by atoms with Crippen molar-refractivity contribution in [1.82, 2.24) is 9.75 Å². The lowest BCUT2D eigenvalue weighted by Crippen LogP contribution is -2.35. The van der Waals surface area contributed by atoms with Crippen molar-refractivity contribution >= 4 is 30.9 Å². The van der Waals surface area contributed by atoms with Gasteiger partial charge < -0.3 is 4.52 Å². The molecular weight excluding hydrogens is 246 g/mol. The third-order valence-electron chi connectivity index (χ3n) is 1.68. The van der Waals surface area contributed by atoms with Gasteiger partial charge >= 0.3 is 7.67 Å². The van der Waals surface area contributed by atoms with Gasteiger partial charge in [-0.15, -0.1) is 23.2 Å². The summed E-state index contributed by atoms with van der Waals surface area (Å²) < 4.78 is 41.7. The van der Waals surface area contributed by atoms with Crippen molar-refractivity contribution in [3.8, 4) is 0 Å². The SMILES string of the molecule is [2H]N1CCCOP1(=O)N(CCCl)C([2H])([2H])CCl. The third-order valence-corrected chi connectivity index (χ3v) is 4.00. The molecule has 0 aromatic heterocycles. The van der Waals surface area contributed by atoms with Gasteiger partial charge in [-0.1, -0.05) is 0 Å². The Bertz CT molecular complexity index is 311. The van der Waals surface area contributed by atoms with E-state index in [0.717, 1.165) is 9.75 Å². The molecule has 0 spiro atoms. The van der Waals surface area contributed by atoms with Crippen LogP contribution in [0.5, 0.6) is 0 Å². The zero-order valence-corrected chi connectivity index (χ0v) is 10.1. The molecule has 0 saturated carbocycles. The number of rotatable bonds is 5. The number of alkyl halides is 2. The average molecular weight is 264 g/mol. The maximum atomic E-state index is 12.5. The molecule has 4 nitrogen and oxygen atoms in total. The molecule has 1 heterocycles. The molecule has 0 amide bonds. The van der Waals surface area contributed by atoms with E-state index in [1.54, 1.807) is 0 Å². The van der Waals surface area contributed by atoms with Gasteiger partial charge in [0.25, 0.3) is 0 Å². The standard InChI is InChI=1S/C7H15Cl2N2O2P/c8-2-5-11(6-3-9)14(12)10-4-1-7-13-14/h1-7H2,(H,10,12)/i5D2/hD. The monoisotopic (exact) mass is 263 g/mol. The lowest BCUT2D eigenvalue weighted by molar-refractivity contribution is 0.233. The average Bonchev–Trinajstić information content (AvgIpc) is 2.30. The van der Waals surface area contributed by atoms with E-state index in [0.29, 0.717) is 6.42 Å². The van der Waals surface area contributed by atoms with Crippen LogP contribution in [0.4, 0.5) is 0 Å². The Morgan fingerprint density at radius 2 is 2.43 bits per heavy atom. The minimum absolute atomic E-state index is 0.00787. The summed E-state index contributed by atoms with van der Waals surface area (Å²) in [6, 6.07) is 0. The molecule has 1 rings (SSSR count). The fourth-order valence-electron chi connectivity index (χ4n) is 1.08. The number of nitrogens with one attached hydrogen (secondary N) is 1. The van der Waals surface area contributed by atoms with Crippen LogP contribution in [0.25, 0.3) is 0 Å². The van der Waals surface area contributed by atoms with Gasteiger partial charge in [0.2, 0.25) is 0 Å². The molecule has 0 bridgehead atoms. The molecule has 0 aromatic rings. The molecule has 0 aliphatic carbocycles. The largest absolute Gasteiger partial charge is 0.343 e. The molecule has 1 fully saturated rings. The predicted molar refractivity (Wildman–Crippen MR) is 59.2 cm³/mol. The Morgan fingerprint density at radius 3 is 3.00 bits per heavy atom. The molecule has 84 valence electrons. The highest BCUT2D eigenvalue weighted by Crippen LogP contribution is 2.47. The van der Waals surface area contributed by atoms with Gasteiger partial charge in [-0.2, -0.15) is 0 Å². The van der Waals surface area contributed by atoms with Gasteiger partial charge in [0.15, 0.2) is 0 Å². The first-order chi connectivity index (χ1) is 7.88. The maximum absolute atomic E-state index is 12.5. The molecule has 1 unspecified atom stereocenters. The number of hydrogen-bond acceptors (Lipinski definition) is 2. The number of hydrogen-bond donors (Lipinski definition) is 1. The molecule has 0 aromatic carbocycles. The van der Waals surface area contributed by atoms with Crippen LogP contribution in [0, 0.1) is 0 Å². The van der Waals surface area contributed by atoms with E-state index in [-0.39, 0.29) is 31.5 Å². The third kappa shape index (κ3) is 3.37. The molecular formula is C7H15Cl2N2O2P. The fraction of sp³-hybridized carbons (Fsp3) is 1.00. The van der Waals surface area contributed by atoms with Crippen molar-refractivity contribution in [2.45, 2.75) is 6.42 Å². The van der Waals surface area contributed by atoms with Crippen LogP contribution in [-0.2, 0) is 9.09 Å². The highest BCUT2D eigenvalue weighted by molar-refractivity contribution is 7.54. The lowest BCUT2D eigenvalue weighted by atomic mass is 10.5. The van der Waals surface area contributed by atoms with Crippen molar-refractivity contribution in [3.05, 3.63) is 0 Å². The molecule has 14 heavy (non-hydrogen) atoms. The summed E-state index contributed by atoms with van der Waals surface area (Å²) in [6.45, 7) is -1.51. The van der Waals surface area contributed by atoms with Crippen molar-refractivity contribution in [2.75, 3.05) is 38.0 Å². The Morgan fingerprint density at radius 1 is 1.64 bits per heavy atom. The molecule has 1 saturated heterocycles. The van der Waals surface area contributed by atoms with Crippen LogP contribution in [0.15, 0.2) is 0 Å². The van der Waals surface area contributed by atoms with Gasteiger partial charge in [0, 0.05) is 34.1 Å². The molecule has 7 heteroatoms. The summed E-state index contributed by atoms with van der Waals surface area (Å²) in [4.78, 5) is 0. The Kier molecular flexibility index (Phi) is 3.97. The molecule has 1 N–H and O–H groups in total. The normalized spacial score (nSPS) is 33.8. The van der Waals surface area contributed by atoms with Crippen LogP contribution >= 0.6 is 30.9 Å². The Labute approximate surface area is 98.7 Å². The van der Waals surface area contributed by atoms with Crippen LogP contribution in [0.3, 0.4) is 0 Å². The van der Waals surface area contributed by atoms with E-state index >= 15 is 0 Å². The van der Waals surface area contributed by atoms with Gasteiger partial charge in [0.1, 0.15) is 1.41 Å². The molecule has 1 atom stereocenters. The van der Waals surface area contributed by atoms with Crippen LogP contribution in [0.1, 0.15) is 9.16 Å². The summed E-state index contributed by atoms with van der Waals surface area (Å²) in [5.74, 6) is -0.289. The maximum Gasteiger partial charge on any atom is 0.343 e. The fourth-order valence-corrected chi connectivity index (χ4v) is 3.33. The highest BCUT2D eigenvalue weighted by atomic mass is 35.5. The zero-order chi connectivity index (χ0) is 13.1. The lowest BCUT2D eigenvalue weighted by Gasteiger charge is -2.33. The second-order valence-corrected chi connectivity index (χ2v) is 5.30. The summed E-state index contributed by atoms with van der Waals surface area (Å²) >= 11 is 11.1. The van der Waals surface area contributed by atoms with Crippen molar-refractivity contribution in [2.24, 2.45) is 0 Å². The van der Waals surface area contributed by atoms with Crippen LogP contribution in [-0.4, -0.2) is 42.6 Å². The molecule has 1 aliphatic heterocycles. The highest BCUT2D eigenvalue weighted by Gasteiger charge is 2.32. The second-order valence-electron chi connectivity index (χ2n) is 2.65. The van der Waals surface area contributed by atoms with Crippen LogP contribution < -0.4 is 5.08 Å². The molecule has 0 radical (unpaired) electrons. The first-order valence-electron chi connectivity index (χ1n) is 5.75. The number of halogens is 2. The summed E-state index contributed by atoms with van der Waals surface area (Å²) in [6.07, 6.45) is 0.589. The smallest absolute Gasteiger partial charge is 0.306 e. The second kappa shape index (κ2) is 6.31. The first-order valence-corrected chi connectivity index (χ1v) is 6.90. The van der Waals surface area contributed by atoms with E-state index in [9.17, 15) is 4.57 Å². The van der Waals surface area contributed by atoms with E-state index < -0.39 is 14.2 Å². The van der Waals surface area contributed by atoms with E-state index in [2.05, 4.69) is 0 Å². The van der Waals surface area contributed by atoms with Crippen molar-refractivity contribution in [3.63, 3.8) is 0 Å². The van der Waals surface area contributed by atoms with Gasteiger partial charge in [-0.3, -0.25) is 4.57 Å². The molecule has 1 aliphatic rings. The zero-order valence-electron chi connectivity index (χ0n) is 10.7. The minimum Gasteiger partial charge on any atom is -0.306 e. The summed E-state index contributed by atoms with van der Waals surface area (Å²) in [5, 5.41) is 0.799. The van der Waals surface area contributed by atoms with E-state index in [1.165, 1.54) is 0 Å². The van der Waals surface area contributed by atoms with Gasteiger partial charge in [-0.05, 0) is 6.42 Å². The predicted octanol–water partition coefficient (Wildman–Crippen LogP) is 1.88. The van der Waals surface area contributed by atoms with Crippen molar-refractivity contribution in [1.29, 1.82) is 0 Å². The first kappa shape index (κ1) is 8.80.